The van der Waals surface area contributed by atoms with Gasteiger partial charge in [-0.3, -0.25) is 9.59 Å². The van der Waals surface area contributed by atoms with Gasteiger partial charge in [0.15, 0.2) is 0 Å². The maximum absolute atomic E-state index is 13.4. The molecule has 0 fully saturated rings. The Bertz CT molecular complexity index is 995. The average molecular weight is 432 g/mol. The molecule has 2 heterocycles. The molecule has 0 saturated carbocycles. The molecule has 7 heteroatoms. The van der Waals surface area contributed by atoms with Gasteiger partial charge >= 0.3 is 0 Å². The molecule has 1 aromatic carbocycles. The smallest absolute Gasteiger partial charge is 0.245 e. The van der Waals surface area contributed by atoms with E-state index < -0.39 is 6.04 Å². The van der Waals surface area contributed by atoms with Crippen molar-refractivity contribution in [2.45, 2.75) is 39.8 Å². The van der Waals surface area contributed by atoms with Crippen LogP contribution in [0.4, 0.5) is 0 Å². The number of aromatic amines is 1. The van der Waals surface area contributed by atoms with Gasteiger partial charge in [-0.1, -0.05) is 43.6 Å². The number of rotatable bonds is 8. The highest BCUT2D eigenvalue weighted by Gasteiger charge is 2.27. The van der Waals surface area contributed by atoms with Crippen molar-refractivity contribution in [1.29, 1.82) is 0 Å². The van der Waals surface area contributed by atoms with E-state index in [1.807, 2.05) is 63.4 Å². The summed E-state index contributed by atoms with van der Waals surface area (Å²) in [6.45, 7) is 6.63. The highest BCUT2D eigenvalue weighted by Crippen LogP contribution is 2.24. The van der Waals surface area contributed by atoms with Crippen LogP contribution >= 0.6 is 22.9 Å². The number of fused-ring (bicyclic) bond motifs is 1. The maximum atomic E-state index is 13.4. The zero-order valence-electron chi connectivity index (χ0n) is 16.9. The number of hydrogen-bond acceptors (Lipinski definition) is 3. The highest BCUT2D eigenvalue weighted by atomic mass is 35.5. The third-order valence-corrected chi connectivity index (χ3v) is 6.12. The summed E-state index contributed by atoms with van der Waals surface area (Å²) in [7, 11) is 0. The van der Waals surface area contributed by atoms with E-state index in [0.717, 1.165) is 21.3 Å². The van der Waals surface area contributed by atoms with Gasteiger partial charge in [0, 0.05) is 40.9 Å². The van der Waals surface area contributed by atoms with E-state index in [0.29, 0.717) is 23.8 Å². The summed E-state index contributed by atoms with van der Waals surface area (Å²) in [6, 6.07) is 11.1. The quantitative estimate of drug-likeness (QED) is 0.546. The number of H-pyrrole nitrogens is 1. The lowest BCUT2D eigenvalue weighted by molar-refractivity contribution is -0.137. The first-order valence-corrected chi connectivity index (χ1v) is 11.0. The molecular weight excluding hydrogens is 406 g/mol. The Kier molecular flexibility index (Phi) is 6.98. The highest BCUT2D eigenvalue weighted by molar-refractivity contribution is 7.16. The summed E-state index contributed by atoms with van der Waals surface area (Å²) < 4.78 is 0.701. The zero-order valence-corrected chi connectivity index (χ0v) is 18.4. The molecule has 0 spiro atoms. The summed E-state index contributed by atoms with van der Waals surface area (Å²) in [5, 5.41) is 4.03. The SMILES string of the molecule is CCN(Cc1ccc(Cl)s1)C(=O)C(Cc1c[nH]c2ccccc12)NC(=O)C(C)C. The van der Waals surface area contributed by atoms with Crippen molar-refractivity contribution in [3.05, 3.63) is 57.4 Å². The van der Waals surface area contributed by atoms with Crippen molar-refractivity contribution < 1.29 is 9.59 Å². The molecule has 0 aliphatic heterocycles. The number of nitrogens with zero attached hydrogens (tertiary/aromatic N) is 1. The number of amides is 2. The zero-order chi connectivity index (χ0) is 21.0. The summed E-state index contributed by atoms with van der Waals surface area (Å²) in [5.74, 6) is -0.408. The molecule has 0 bridgehead atoms. The second-order valence-electron chi connectivity index (χ2n) is 7.34. The number of halogens is 1. The molecule has 0 aliphatic rings. The molecule has 0 radical (unpaired) electrons. The first-order chi connectivity index (χ1) is 13.9. The van der Waals surface area contributed by atoms with E-state index in [-0.39, 0.29) is 17.7 Å². The van der Waals surface area contributed by atoms with Crippen molar-refractivity contribution >= 4 is 45.7 Å². The van der Waals surface area contributed by atoms with Gasteiger partial charge in [-0.25, -0.2) is 0 Å². The predicted molar refractivity (Wildman–Crippen MR) is 119 cm³/mol. The Balaban J connectivity index is 1.84. The van der Waals surface area contributed by atoms with Gasteiger partial charge in [0.1, 0.15) is 6.04 Å². The second-order valence-corrected chi connectivity index (χ2v) is 9.14. The molecule has 0 saturated heterocycles. The lowest BCUT2D eigenvalue weighted by Crippen LogP contribution is -2.50. The van der Waals surface area contributed by atoms with Crippen molar-refractivity contribution in [1.82, 2.24) is 15.2 Å². The fourth-order valence-electron chi connectivity index (χ4n) is 3.25. The van der Waals surface area contributed by atoms with Gasteiger partial charge in [-0.15, -0.1) is 11.3 Å². The summed E-state index contributed by atoms with van der Waals surface area (Å²) in [4.78, 5) is 31.8. The van der Waals surface area contributed by atoms with Crippen molar-refractivity contribution in [2.24, 2.45) is 5.92 Å². The van der Waals surface area contributed by atoms with Crippen LogP contribution in [0.1, 0.15) is 31.2 Å². The van der Waals surface area contributed by atoms with Crippen LogP contribution in [-0.4, -0.2) is 34.3 Å². The van der Waals surface area contributed by atoms with E-state index in [9.17, 15) is 9.59 Å². The van der Waals surface area contributed by atoms with Crippen LogP contribution in [-0.2, 0) is 22.6 Å². The molecule has 154 valence electrons. The molecule has 1 atom stereocenters. The standard InChI is InChI=1S/C22H26ClN3O2S/c1-4-26(13-16-9-10-20(23)29-16)22(28)19(25-21(27)14(2)3)11-15-12-24-18-8-6-5-7-17(15)18/h5-10,12,14,19,24H,4,11,13H2,1-3H3,(H,25,27). The first kappa shape index (κ1) is 21.4. The van der Waals surface area contributed by atoms with Crippen LogP contribution in [0, 0.1) is 5.92 Å². The molecule has 29 heavy (non-hydrogen) atoms. The number of likely N-dealkylation sites (N-methyl/N-ethyl adjacent to an activating group) is 1. The molecular formula is C22H26ClN3O2S. The molecule has 5 nitrogen and oxygen atoms in total. The Labute approximate surface area is 180 Å². The number of hydrogen-bond donors (Lipinski definition) is 2. The maximum Gasteiger partial charge on any atom is 0.245 e. The van der Waals surface area contributed by atoms with Gasteiger partial charge in [0.05, 0.1) is 10.9 Å². The minimum absolute atomic E-state index is 0.0868. The van der Waals surface area contributed by atoms with Crippen LogP contribution in [0.25, 0.3) is 10.9 Å². The van der Waals surface area contributed by atoms with Gasteiger partial charge in [0.25, 0.3) is 0 Å². The third-order valence-electron chi connectivity index (χ3n) is 4.91. The van der Waals surface area contributed by atoms with Crippen LogP contribution in [0.2, 0.25) is 4.34 Å². The van der Waals surface area contributed by atoms with E-state index in [1.165, 1.54) is 11.3 Å². The number of thiophene rings is 1. The number of carbonyl (C=O) groups is 2. The number of para-hydroxylation sites is 1. The van der Waals surface area contributed by atoms with E-state index in [4.69, 9.17) is 11.6 Å². The summed E-state index contributed by atoms with van der Waals surface area (Å²) >= 11 is 7.50. The largest absolute Gasteiger partial charge is 0.361 e. The average Bonchev–Trinajstić information content (AvgIpc) is 3.31. The number of carbonyl (C=O) groups excluding carboxylic acids is 2. The van der Waals surface area contributed by atoms with Crippen molar-refractivity contribution in [3.63, 3.8) is 0 Å². The summed E-state index contributed by atoms with van der Waals surface area (Å²) in [5.41, 5.74) is 2.03. The molecule has 2 N–H and O–H groups in total. The van der Waals surface area contributed by atoms with Crippen LogP contribution in [0.3, 0.4) is 0 Å². The van der Waals surface area contributed by atoms with Gasteiger partial charge in [-0.05, 0) is 30.7 Å². The van der Waals surface area contributed by atoms with E-state index in [2.05, 4.69) is 10.3 Å². The Morgan fingerprint density at radius 1 is 1.21 bits per heavy atom. The van der Waals surface area contributed by atoms with E-state index >= 15 is 0 Å². The molecule has 2 amide bonds. The van der Waals surface area contributed by atoms with Crippen LogP contribution in [0.5, 0.6) is 0 Å². The number of aromatic nitrogens is 1. The monoisotopic (exact) mass is 431 g/mol. The predicted octanol–water partition coefficient (Wildman–Crippen LogP) is 4.61. The Morgan fingerprint density at radius 3 is 2.62 bits per heavy atom. The van der Waals surface area contributed by atoms with Gasteiger partial charge in [-0.2, -0.15) is 0 Å². The molecule has 0 aliphatic carbocycles. The third kappa shape index (κ3) is 5.19. The Morgan fingerprint density at radius 2 is 1.97 bits per heavy atom. The van der Waals surface area contributed by atoms with Gasteiger partial charge in [0.2, 0.25) is 11.8 Å². The topological polar surface area (TPSA) is 65.2 Å². The first-order valence-electron chi connectivity index (χ1n) is 9.77. The molecule has 3 rings (SSSR count). The fourth-order valence-corrected chi connectivity index (χ4v) is 4.35. The number of benzene rings is 1. The Hall–Kier alpha value is -2.31. The van der Waals surface area contributed by atoms with Gasteiger partial charge < -0.3 is 15.2 Å². The van der Waals surface area contributed by atoms with Crippen LogP contribution in [0.15, 0.2) is 42.6 Å². The summed E-state index contributed by atoms with van der Waals surface area (Å²) in [6.07, 6.45) is 2.35. The molecule has 3 aromatic rings. The number of nitrogens with one attached hydrogen (secondary N) is 2. The van der Waals surface area contributed by atoms with E-state index in [1.54, 1.807) is 4.90 Å². The normalized spacial score (nSPS) is 12.3. The molecule has 2 aromatic heterocycles. The lowest BCUT2D eigenvalue weighted by atomic mass is 10.0. The second kappa shape index (κ2) is 9.46. The lowest BCUT2D eigenvalue weighted by Gasteiger charge is -2.27. The minimum Gasteiger partial charge on any atom is -0.361 e. The minimum atomic E-state index is -0.625. The van der Waals surface area contributed by atoms with Crippen molar-refractivity contribution in [2.75, 3.05) is 6.54 Å². The molecule has 1 unspecified atom stereocenters. The fraction of sp³-hybridized carbons (Fsp3) is 0.364. The van der Waals surface area contributed by atoms with Crippen molar-refractivity contribution in [3.8, 4) is 0 Å². The van der Waals surface area contributed by atoms with Crippen LogP contribution < -0.4 is 5.32 Å².